The summed E-state index contributed by atoms with van der Waals surface area (Å²) < 4.78 is 0. The Hall–Kier alpha value is -1.47. The number of H-pyrrole nitrogens is 1. The fourth-order valence-corrected chi connectivity index (χ4v) is 0.690. The standard InChI is InChI=1S/C5H4N4.BH3O2/c1-2-4-5(6-3-1)8-9-7-4;2-1-3/h1-3H,(H,6,7,8,9);1-3H. The summed E-state index contributed by atoms with van der Waals surface area (Å²) in [5.41, 5.74) is 1.54. The Labute approximate surface area is 68.6 Å². The van der Waals surface area contributed by atoms with Crippen LogP contribution in [0.1, 0.15) is 0 Å². The molecule has 2 aromatic rings. The van der Waals surface area contributed by atoms with Gasteiger partial charge in [-0.25, -0.2) is 4.98 Å². The number of pyridine rings is 1. The molecule has 6 nitrogen and oxygen atoms in total. The molecule has 0 radical (unpaired) electrons. The van der Waals surface area contributed by atoms with Crippen molar-refractivity contribution in [2.45, 2.75) is 0 Å². The maximum absolute atomic E-state index is 7.12. The van der Waals surface area contributed by atoms with Crippen LogP contribution >= 0.6 is 0 Å². The van der Waals surface area contributed by atoms with Gasteiger partial charge < -0.3 is 10.0 Å². The van der Waals surface area contributed by atoms with Crippen molar-refractivity contribution in [2.75, 3.05) is 0 Å². The zero-order valence-corrected chi connectivity index (χ0v) is 6.18. The molecule has 62 valence electrons. The predicted octanol–water partition coefficient (Wildman–Crippen LogP) is -1.41. The molecule has 0 saturated carbocycles. The molecule has 2 rings (SSSR count). The van der Waals surface area contributed by atoms with Crippen molar-refractivity contribution >= 4 is 18.8 Å². The molecule has 0 spiro atoms. The maximum Gasteiger partial charge on any atom is 0.432 e. The van der Waals surface area contributed by atoms with Crippen LogP contribution in [0, 0.1) is 0 Å². The zero-order valence-electron chi connectivity index (χ0n) is 6.18. The minimum Gasteiger partial charge on any atom is -0.430 e. The quantitative estimate of drug-likeness (QED) is 0.418. The monoisotopic (exact) mass is 166 g/mol. The molecule has 3 N–H and O–H groups in total. The molecule has 0 bridgehead atoms. The molecular formula is C5H7BN4O2. The van der Waals surface area contributed by atoms with Gasteiger partial charge in [-0.3, -0.25) is 5.10 Å². The normalized spacial score (nSPS) is 8.83. The minimum atomic E-state index is -0.750. The summed E-state index contributed by atoms with van der Waals surface area (Å²) >= 11 is 0. The lowest BCUT2D eigenvalue weighted by Gasteiger charge is -1.78. The van der Waals surface area contributed by atoms with Crippen LogP contribution < -0.4 is 0 Å². The van der Waals surface area contributed by atoms with E-state index in [0.29, 0.717) is 5.65 Å². The molecular weight excluding hydrogens is 159 g/mol. The number of fused-ring (bicyclic) bond motifs is 1. The Morgan fingerprint density at radius 2 is 2.17 bits per heavy atom. The molecule has 0 saturated heterocycles. The van der Waals surface area contributed by atoms with Crippen LogP contribution in [0.2, 0.25) is 0 Å². The summed E-state index contributed by atoms with van der Waals surface area (Å²) in [7, 11) is -0.750. The van der Waals surface area contributed by atoms with Crippen LogP contribution in [0.4, 0.5) is 0 Å². The molecule has 0 unspecified atom stereocenters. The number of nitrogens with one attached hydrogen (secondary N) is 1. The Kier molecular flexibility index (Phi) is 3.18. The highest BCUT2D eigenvalue weighted by molar-refractivity contribution is 6.13. The summed E-state index contributed by atoms with van der Waals surface area (Å²) in [6.45, 7) is 0. The van der Waals surface area contributed by atoms with E-state index in [1.54, 1.807) is 6.20 Å². The van der Waals surface area contributed by atoms with E-state index in [1.165, 1.54) is 0 Å². The second-order valence-electron chi connectivity index (χ2n) is 1.83. The van der Waals surface area contributed by atoms with Crippen molar-refractivity contribution in [3.8, 4) is 0 Å². The lowest BCUT2D eigenvalue weighted by molar-refractivity contribution is 0.448. The van der Waals surface area contributed by atoms with Gasteiger partial charge in [0.05, 0.1) is 0 Å². The lowest BCUT2D eigenvalue weighted by Crippen LogP contribution is -1.75. The van der Waals surface area contributed by atoms with E-state index in [1.807, 2.05) is 12.1 Å². The molecule has 2 heterocycles. The fraction of sp³-hybridized carbons (Fsp3) is 0. The molecule has 7 heteroatoms. The van der Waals surface area contributed by atoms with Crippen LogP contribution in [0.15, 0.2) is 18.3 Å². The largest absolute Gasteiger partial charge is 0.432 e. The van der Waals surface area contributed by atoms with Gasteiger partial charge in [0.25, 0.3) is 0 Å². The average molecular weight is 166 g/mol. The Morgan fingerprint density at radius 3 is 2.83 bits per heavy atom. The highest BCUT2D eigenvalue weighted by Gasteiger charge is 1.91. The van der Waals surface area contributed by atoms with Crippen LogP contribution in [-0.4, -0.2) is 38.1 Å². The molecule has 0 fully saturated rings. The van der Waals surface area contributed by atoms with Gasteiger partial charge >= 0.3 is 7.69 Å². The molecule has 0 aromatic carbocycles. The smallest absolute Gasteiger partial charge is 0.430 e. The van der Waals surface area contributed by atoms with Crippen LogP contribution in [0.3, 0.4) is 0 Å². The van der Waals surface area contributed by atoms with Crippen LogP contribution in [0.5, 0.6) is 0 Å². The minimum absolute atomic E-state index is 0.664. The number of aromatic amines is 1. The molecule has 0 aliphatic carbocycles. The number of aromatic nitrogens is 4. The molecule has 12 heavy (non-hydrogen) atoms. The van der Waals surface area contributed by atoms with Gasteiger partial charge in [-0.1, -0.05) is 5.21 Å². The van der Waals surface area contributed by atoms with Gasteiger partial charge in [0.15, 0.2) is 0 Å². The summed E-state index contributed by atoms with van der Waals surface area (Å²) in [5, 5.41) is 24.2. The SMILES string of the molecule is OBO.c1cnc2nn[nH]c2c1. The van der Waals surface area contributed by atoms with Crippen LogP contribution in [-0.2, 0) is 0 Å². The van der Waals surface area contributed by atoms with E-state index in [9.17, 15) is 0 Å². The van der Waals surface area contributed by atoms with Crippen molar-refractivity contribution in [1.82, 2.24) is 20.4 Å². The maximum atomic E-state index is 7.12. The van der Waals surface area contributed by atoms with Crippen molar-refractivity contribution in [2.24, 2.45) is 0 Å². The van der Waals surface area contributed by atoms with Gasteiger partial charge in [0.1, 0.15) is 5.52 Å². The molecule has 0 amide bonds. The zero-order chi connectivity index (χ0) is 8.81. The second-order valence-corrected chi connectivity index (χ2v) is 1.83. The van der Waals surface area contributed by atoms with Crippen LogP contribution in [0.25, 0.3) is 11.2 Å². The highest BCUT2D eigenvalue weighted by Crippen LogP contribution is 1.99. The Bertz CT molecular complexity index is 308. The van der Waals surface area contributed by atoms with Gasteiger partial charge in [0, 0.05) is 6.20 Å². The average Bonchev–Trinajstić information content (AvgIpc) is 2.52. The Balaban J connectivity index is 0.000000213. The summed E-state index contributed by atoms with van der Waals surface area (Å²) in [5.74, 6) is 0. The first-order valence-corrected chi connectivity index (χ1v) is 3.22. The van der Waals surface area contributed by atoms with Crippen molar-refractivity contribution < 1.29 is 10.0 Å². The van der Waals surface area contributed by atoms with Crippen molar-refractivity contribution in [1.29, 1.82) is 0 Å². The summed E-state index contributed by atoms with van der Waals surface area (Å²) in [6.07, 6.45) is 1.69. The van der Waals surface area contributed by atoms with Gasteiger partial charge in [0.2, 0.25) is 5.65 Å². The third-order valence-corrected chi connectivity index (χ3v) is 1.10. The van der Waals surface area contributed by atoms with E-state index in [0.717, 1.165) is 5.52 Å². The van der Waals surface area contributed by atoms with E-state index < -0.39 is 7.69 Å². The van der Waals surface area contributed by atoms with Gasteiger partial charge in [-0.2, -0.15) is 0 Å². The molecule has 0 aliphatic rings. The number of rotatable bonds is 0. The third kappa shape index (κ3) is 2.01. The molecule has 0 aliphatic heterocycles. The molecule has 0 atom stereocenters. The van der Waals surface area contributed by atoms with E-state index >= 15 is 0 Å². The fourth-order valence-electron chi connectivity index (χ4n) is 0.690. The first-order valence-electron chi connectivity index (χ1n) is 3.22. The lowest BCUT2D eigenvalue weighted by atomic mass is 10.4. The van der Waals surface area contributed by atoms with E-state index in [4.69, 9.17) is 10.0 Å². The van der Waals surface area contributed by atoms with E-state index in [-0.39, 0.29) is 0 Å². The third-order valence-electron chi connectivity index (χ3n) is 1.10. The van der Waals surface area contributed by atoms with Gasteiger partial charge in [-0.15, -0.1) is 5.10 Å². The second kappa shape index (κ2) is 4.42. The molecule has 2 aromatic heterocycles. The number of hydrogen-bond acceptors (Lipinski definition) is 5. The highest BCUT2D eigenvalue weighted by atomic mass is 16.4. The number of hydrogen-bond donors (Lipinski definition) is 3. The Morgan fingerprint density at radius 1 is 1.42 bits per heavy atom. The van der Waals surface area contributed by atoms with Crippen molar-refractivity contribution in [3.05, 3.63) is 18.3 Å². The van der Waals surface area contributed by atoms with E-state index in [2.05, 4.69) is 20.4 Å². The first kappa shape index (κ1) is 8.63. The number of nitrogens with zero attached hydrogens (tertiary/aromatic N) is 3. The topological polar surface area (TPSA) is 94.9 Å². The van der Waals surface area contributed by atoms with Gasteiger partial charge in [-0.05, 0) is 12.1 Å². The first-order chi connectivity index (χ1) is 5.88. The summed E-state index contributed by atoms with van der Waals surface area (Å²) in [6, 6.07) is 3.71. The van der Waals surface area contributed by atoms with Crippen molar-refractivity contribution in [3.63, 3.8) is 0 Å². The summed E-state index contributed by atoms with van der Waals surface area (Å²) in [4.78, 5) is 3.94. The predicted molar refractivity (Wildman–Crippen MR) is 43.3 cm³/mol.